The zero-order valence-electron chi connectivity index (χ0n) is 18.5. The molecular weight excluding hydrogens is 466 g/mol. The van der Waals surface area contributed by atoms with E-state index >= 15 is 0 Å². The fourth-order valence-corrected chi connectivity index (χ4v) is 7.33. The quantitative estimate of drug-likeness (QED) is 0.605. The summed E-state index contributed by atoms with van der Waals surface area (Å²) in [5.41, 5.74) is 1.27. The van der Waals surface area contributed by atoms with Crippen LogP contribution in [0.15, 0.2) is 23.1 Å². The summed E-state index contributed by atoms with van der Waals surface area (Å²) in [5.74, 6) is -1.03. The number of methoxy groups -OCH3 is 1. The summed E-state index contributed by atoms with van der Waals surface area (Å²) in [7, 11) is -2.72. The molecule has 0 unspecified atom stereocenters. The van der Waals surface area contributed by atoms with Gasteiger partial charge >= 0.3 is 5.97 Å². The Morgan fingerprint density at radius 1 is 1.21 bits per heavy atom. The van der Waals surface area contributed by atoms with Gasteiger partial charge in [0.2, 0.25) is 15.9 Å². The van der Waals surface area contributed by atoms with E-state index in [1.165, 1.54) is 24.5 Å². The topological polar surface area (TPSA) is 126 Å². The number of carboxylic acid groups (broad SMARTS) is 1. The molecule has 2 fully saturated rings. The van der Waals surface area contributed by atoms with Crippen LogP contribution < -0.4 is 10.1 Å². The van der Waals surface area contributed by atoms with Crippen LogP contribution in [0.5, 0.6) is 5.75 Å². The Kier molecular flexibility index (Phi) is 6.73. The van der Waals surface area contributed by atoms with Gasteiger partial charge < -0.3 is 15.2 Å². The van der Waals surface area contributed by atoms with Crippen molar-refractivity contribution in [1.82, 2.24) is 9.29 Å². The number of nitrogens with one attached hydrogen (secondary N) is 1. The van der Waals surface area contributed by atoms with Gasteiger partial charge in [-0.3, -0.25) is 9.59 Å². The van der Waals surface area contributed by atoms with Gasteiger partial charge in [0.1, 0.15) is 16.7 Å². The van der Waals surface area contributed by atoms with Crippen molar-refractivity contribution in [3.8, 4) is 16.2 Å². The maximum Gasteiger partial charge on any atom is 0.322 e. The Balaban J connectivity index is 1.66. The molecular formula is C22H27N3O6S2. The van der Waals surface area contributed by atoms with E-state index in [0.717, 1.165) is 34.9 Å². The Hall–Kier alpha value is -2.50. The summed E-state index contributed by atoms with van der Waals surface area (Å²) in [5, 5.41) is 12.8. The van der Waals surface area contributed by atoms with Gasteiger partial charge in [0.25, 0.3) is 0 Å². The number of carbonyl (C=O) groups excluding carboxylic acids is 1. The zero-order chi connectivity index (χ0) is 23.8. The number of hydrogen-bond donors (Lipinski definition) is 2. The molecule has 0 bridgehead atoms. The third-order valence-electron chi connectivity index (χ3n) is 6.25. The van der Waals surface area contributed by atoms with E-state index in [4.69, 9.17) is 4.74 Å². The third-order valence-corrected chi connectivity index (χ3v) is 9.31. The second kappa shape index (κ2) is 9.40. The Morgan fingerprint density at radius 2 is 1.94 bits per heavy atom. The number of amides is 1. The molecule has 0 spiro atoms. The van der Waals surface area contributed by atoms with Crippen LogP contribution >= 0.6 is 11.3 Å². The molecule has 1 saturated heterocycles. The molecule has 2 aromatic rings. The summed E-state index contributed by atoms with van der Waals surface area (Å²) < 4.78 is 33.1. The Bertz CT molecular complexity index is 1170. The SMILES string of the molecule is COc1ccc(-c2sc(NC(=O)C3CCCC3)nc2C)cc1S(=O)(=O)N1CCC[C@H]1C(=O)O. The van der Waals surface area contributed by atoms with Crippen molar-refractivity contribution in [3.05, 3.63) is 23.9 Å². The highest BCUT2D eigenvalue weighted by atomic mass is 32.2. The smallest absolute Gasteiger partial charge is 0.322 e. The van der Waals surface area contributed by atoms with Crippen LogP contribution in [0.1, 0.15) is 44.2 Å². The second-order valence-corrected chi connectivity index (χ2v) is 11.2. The van der Waals surface area contributed by atoms with Crippen LogP contribution in [-0.4, -0.2) is 54.4 Å². The first kappa shape index (κ1) is 23.7. The van der Waals surface area contributed by atoms with E-state index in [1.54, 1.807) is 19.1 Å². The molecule has 33 heavy (non-hydrogen) atoms. The molecule has 9 nitrogen and oxygen atoms in total. The van der Waals surface area contributed by atoms with Gasteiger partial charge in [0.15, 0.2) is 5.13 Å². The number of aryl methyl sites for hydroxylation is 1. The molecule has 4 rings (SSSR count). The number of carboxylic acids is 1. The summed E-state index contributed by atoms with van der Waals surface area (Å²) >= 11 is 1.28. The molecule has 11 heteroatoms. The summed E-state index contributed by atoms with van der Waals surface area (Å²) in [4.78, 5) is 29.2. The van der Waals surface area contributed by atoms with Crippen LogP contribution in [0.3, 0.4) is 0 Å². The predicted octanol–water partition coefficient (Wildman–Crippen LogP) is 3.49. The fraction of sp³-hybridized carbons (Fsp3) is 0.500. The first-order chi connectivity index (χ1) is 15.7. The molecule has 1 aromatic carbocycles. The third kappa shape index (κ3) is 4.62. The standard InChI is InChI=1S/C22H27N3O6S2/c1-13-19(32-22(23-13)24-20(26)14-6-3-4-7-14)15-9-10-17(31-2)18(12-15)33(29,30)25-11-5-8-16(25)21(27)28/h9-10,12,14,16H,3-8,11H2,1-2H3,(H,27,28)(H,23,24,26)/t16-/m0/s1. The van der Waals surface area contributed by atoms with Gasteiger partial charge in [0, 0.05) is 12.5 Å². The number of aliphatic carboxylic acids is 1. The molecule has 1 aliphatic carbocycles. The van der Waals surface area contributed by atoms with Gasteiger partial charge in [-0.15, -0.1) is 0 Å². The van der Waals surface area contributed by atoms with Crippen molar-refractivity contribution in [2.45, 2.75) is 56.4 Å². The molecule has 2 heterocycles. The Morgan fingerprint density at radius 3 is 2.61 bits per heavy atom. The fourth-order valence-electron chi connectivity index (χ4n) is 4.53. The van der Waals surface area contributed by atoms with Crippen LogP contribution in [-0.2, 0) is 19.6 Å². The Labute approximate surface area is 196 Å². The van der Waals surface area contributed by atoms with Crippen molar-refractivity contribution >= 4 is 38.4 Å². The number of carbonyl (C=O) groups is 2. The van der Waals surface area contributed by atoms with Crippen LogP contribution in [0.2, 0.25) is 0 Å². The van der Waals surface area contributed by atoms with E-state index in [2.05, 4.69) is 10.3 Å². The number of thiazole rings is 1. The number of aromatic nitrogens is 1. The summed E-state index contributed by atoms with van der Waals surface area (Å²) in [6.07, 6.45) is 4.64. The van der Waals surface area contributed by atoms with E-state index in [9.17, 15) is 23.1 Å². The molecule has 2 aliphatic rings. The highest BCUT2D eigenvalue weighted by molar-refractivity contribution is 7.89. The van der Waals surface area contributed by atoms with Gasteiger partial charge in [-0.05, 0) is 56.4 Å². The maximum atomic E-state index is 13.4. The van der Waals surface area contributed by atoms with Crippen LogP contribution in [0, 0.1) is 12.8 Å². The zero-order valence-corrected chi connectivity index (χ0v) is 20.2. The minimum absolute atomic E-state index is 0.0121. The number of sulfonamides is 1. The number of anilines is 1. The highest BCUT2D eigenvalue weighted by Crippen LogP contribution is 2.39. The molecule has 1 aliphatic heterocycles. The lowest BCUT2D eigenvalue weighted by Crippen LogP contribution is -2.40. The summed E-state index contributed by atoms with van der Waals surface area (Å²) in [6.45, 7) is 1.94. The average Bonchev–Trinajstić information content (AvgIpc) is 3.54. The lowest BCUT2D eigenvalue weighted by molar-refractivity contribution is -0.140. The van der Waals surface area contributed by atoms with Crippen molar-refractivity contribution in [3.63, 3.8) is 0 Å². The number of nitrogens with zero attached hydrogens (tertiary/aromatic N) is 2. The minimum Gasteiger partial charge on any atom is -0.495 e. The normalized spacial score (nSPS) is 19.6. The molecule has 2 N–H and O–H groups in total. The van der Waals surface area contributed by atoms with Crippen LogP contribution in [0.4, 0.5) is 5.13 Å². The number of rotatable bonds is 7. The molecule has 1 aromatic heterocycles. The predicted molar refractivity (Wildman–Crippen MR) is 124 cm³/mol. The molecule has 0 radical (unpaired) electrons. The van der Waals surface area contributed by atoms with Gasteiger partial charge in [-0.25, -0.2) is 13.4 Å². The van der Waals surface area contributed by atoms with Crippen LogP contribution in [0.25, 0.3) is 10.4 Å². The maximum absolute atomic E-state index is 13.4. The number of benzene rings is 1. The lowest BCUT2D eigenvalue weighted by atomic mass is 10.1. The van der Waals surface area contributed by atoms with Crippen molar-refractivity contribution in [2.75, 3.05) is 19.0 Å². The molecule has 1 amide bonds. The second-order valence-electron chi connectivity index (χ2n) is 8.38. The van der Waals surface area contributed by atoms with Gasteiger partial charge in [-0.2, -0.15) is 4.31 Å². The minimum atomic E-state index is -4.10. The van der Waals surface area contributed by atoms with Crippen molar-refractivity contribution < 1.29 is 27.9 Å². The average molecular weight is 494 g/mol. The highest BCUT2D eigenvalue weighted by Gasteiger charge is 2.41. The van der Waals surface area contributed by atoms with Crippen molar-refractivity contribution in [1.29, 1.82) is 0 Å². The summed E-state index contributed by atoms with van der Waals surface area (Å²) in [6, 6.07) is 3.70. The lowest BCUT2D eigenvalue weighted by Gasteiger charge is -2.22. The monoisotopic (exact) mass is 493 g/mol. The molecule has 1 atom stereocenters. The van der Waals surface area contributed by atoms with E-state index < -0.39 is 22.0 Å². The number of ether oxygens (including phenoxy) is 1. The number of hydrogen-bond acceptors (Lipinski definition) is 7. The first-order valence-corrected chi connectivity index (χ1v) is 13.2. The van der Waals surface area contributed by atoms with Gasteiger partial charge in [-0.1, -0.05) is 24.2 Å². The molecule has 1 saturated carbocycles. The first-order valence-electron chi connectivity index (χ1n) is 10.9. The largest absolute Gasteiger partial charge is 0.495 e. The van der Waals surface area contributed by atoms with E-state index in [1.807, 2.05) is 0 Å². The molecule has 178 valence electrons. The van der Waals surface area contributed by atoms with Crippen molar-refractivity contribution in [2.24, 2.45) is 5.92 Å². The van der Waals surface area contributed by atoms with E-state index in [0.29, 0.717) is 22.8 Å². The van der Waals surface area contributed by atoms with Gasteiger partial charge in [0.05, 0.1) is 17.7 Å². The van der Waals surface area contributed by atoms with E-state index in [-0.39, 0.29) is 35.4 Å².